The van der Waals surface area contributed by atoms with Crippen LogP contribution < -0.4 is 5.32 Å². The van der Waals surface area contributed by atoms with Crippen LogP contribution in [0.4, 0.5) is 0 Å². The molecule has 0 radical (unpaired) electrons. The summed E-state index contributed by atoms with van der Waals surface area (Å²) in [5, 5.41) is 3.82. The van der Waals surface area contributed by atoms with E-state index in [1.54, 1.807) is 0 Å². The number of fused-ring (bicyclic) bond motifs is 2. The van der Waals surface area contributed by atoms with Crippen LogP contribution in [-0.2, 0) is 0 Å². The Bertz CT molecular complexity index is 408. The molecule has 0 spiro atoms. The lowest BCUT2D eigenvalue weighted by Gasteiger charge is -2.48. The maximum absolute atomic E-state index is 3.82. The third kappa shape index (κ3) is 4.51. The lowest BCUT2D eigenvalue weighted by atomic mass is 10.0. The largest absolute Gasteiger partial charge is 0.308 e. The molecule has 2 unspecified atom stereocenters. The topological polar surface area (TPSA) is 21.8 Å². The first kappa shape index (κ1) is 18.6. The molecule has 0 aromatic heterocycles. The number of piperidine rings is 1. The maximum atomic E-state index is 3.82. The predicted molar refractivity (Wildman–Crippen MR) is 102 cm³/mol. The van der Waals surface area contributed by atoms with Crippen molar-refractivity contribution in [2.75, 3.05) is 32.8 Å². The molecule has 3 fully saturated rings. The minimum Gasteiger partial charge on any atom is -0.308 e. The standard InChI is InChI=1S/C20H40N4/c1-19(2,3)21-16-8-7-11-22(12-16)15-24-17-9-10-18(24)14-23(13-17)20(4,5)6/h16-18,21H,7-15H2,1-6H3/t16-,17?,18?/m0/s1. The Hall–Kier alpha value is -0.160. The van der Waals surface area contributed by atoms with Gasteiger partial charge >= 0.3 is 0 Å². The van der Waals surface area contributed by atoms with Crippen LogP contribution in [0.2, 0.25) is 0 Å². The fourth-order valence-electron chi connectivity index (χ4n) is 4.91. The summed E-state index contributed by atoms with van der Waals surface area (Å²) in [5.74, 6) is 0. The van der Waals surface area contributed by atoms with E-state index in [0.29, 0.717) is 11.6 Å². The second kappa shape index (κ2) is 6.86. The van der Waals surface area contributed by atoms with E-state index >= 15 is 0 Å². The number of nitrogens with one attached hydrogen (secondary N) is 1. The molecule has 3 rings (SSSR count). The summed E-state index contributed by atoms with van der Waals surface area (Å²) in [5.41, 5.74) is 0.546. The highest BCUT2D eigenvalue weighted by molar-refractivity contribution is 4.99. The minimum absolute atomic E-state index is 0.227. The second-order valence-electron chi connectivity index (χ2n) is 10.4. The Labute approximate surface area is 149 Å². The first-order valence-corrected chi connectivity index (χ1v) is 10.1. The Balaban J connectivity index is 1.55. The van der Waals surface area contributed by atoms with Gasteiger partial charge in [-0.15, -0.1) is 0 Å². The number of rotatable bonds is 3. The summed E-state index contributed by atoms with van der Waals surface area (Å²) in [6.45, 7) is 20.2. The highest BCUT2D eigenvalue weighted by Gasteiger charge is 2.43. The molecule has 3 saturated heterocycles. The van der Waals surface area contributed by atoms with E-state index in [0.717, 1.165) is 12.1 Å². The summed E-state index contributed by atoms with van der Waals surface area (Å²) in [4.78, 5) is 8.26. The van der Waals surface area contributed by atoms with E-state index in [1.807, 2.05) is 0 Å². The molecule has 0 amide bonds. The van der Waals surface area contributed by atoms with Gasteiger partial charge in [0.05, 0.1) is 6.67 Å². The summed E-state index contributed by atoms with van der Waals surface area (Å²) in [6, 6.07) is 2.21. The highest BCUT2D eigenvalue weighted by atomic mass is 15.4. The minimum atomic E-state index is 0.227. The SMILES string of the molecule is CC(C)(C)N[C@H]1CCCN(CN2C3CCC2CN(C(C)(C)C)C3)C1. The fraction of sp³-hybridized carbons (Fsp3) is 1.00. The van der Waals surface area contributed by atoms with E-state index in [2.05, 4.69) is 61.6 Å². The summed E-state index contributed by atoms with van der Waals surface area (Å²) in [7, 11) is 0. The zero-order chi connectivity index (χ0) is 17.5. The van der Waals surface area contributed by atoms with E-state index in [9.17, 15) is 0 Å². The Morgan fingerprint density at radius 2 is 1.50 bits per heavy atom. The van der Waals surface area contributed by atoms with Gasteiger partial charge in [-0.3, -0.25) is 14.7 Å². The maximum Gasteiger partial charge on any atom is 0.0513 e. The first-order valence-electron chi connectivity index (χ1n) is 10.1. The second-order valence-corrected chi connectivity index (χ2v) is 10.4. The van der Waals surface area contributed by atoms with Gasteiger partial charge in [0, 0.05) is 48.8 Å². The lowest BCUT2D eigenvalue weighted by Crippen LogP contribution is -2.61. The van der Waals surface area contributed by atoms with Crippen molar-refractivity contribution < 1.29 is 0 Å². The molecule has 140 valence electrons. The molecule has 1 N–H and O–H groups in total. The zero-order valence-corrected chi connectivity index (χ0v) is 16.9. The van der Waals surface area contributed by atoms with Crippen LogP contribution >= 0.6 is 0 Å². The smallest absolute Gasteiger partial charge is 0.0513 e. The van der Waals surface area contributed by atoms with Gasteiger partial charge in [0.15, 0.2) is 0 Å². The van der Waals surface area contributed by atoms with Gasteiger partial charge in [-0.1, -0.05) is 0 Å². The Morgan fingerprint density at radius 1 is 0.875 bits per heavy atom. The summed E-state index contributed by atoms with van der Waals surface area (Å²) >= 11 is 0. The molecule has 3 atom stereocenters. The zero-order valence-electron chi connectivity index (χ0n) is 16.9. The molecule has 3 aliphatic heterocycles. The monoisotopic (exact) mass is 336 g/mol. The van der Waals surface area contributed by atoms with Crippen molar-refractivity contribution in [1.29, 1.82) is 0 Å². The van der Waals surface area contributed by atoms with Gasteiger partial charge in [-0.05, 0) is 73.8 Å². The van der Waals surface area contributed by atoms with Crippen LogP contribution in [0.1, 0.15) is 67.2 Å². The normalized spacial score (nSPS) is 34.0. The number of nitrogens with zero attached hydrogens (tertiary/aromatic N) is 3. The van der Waals surface area contributed by atoms with Crippen LogP contribution in [0.25, 0.3) is 0 Å². The summed E-state index contributed by atoms with van der Waals surface area (Å²) < 4.78 is 0. The quantitative estimate of drug-likeness (QED) is 0.855. The van der Waals surface area contributed by atoms with Gasteiger partial charge in [0.25, 0.3) is 0 Å². The summed E-state index contributed by atoms with van der Waals surface area (Å²) in [6.07, 6.45) is 5.47. The number of hydrogen-bond donors (Lipinski definition) is 1. The van der Waals surface area contributed by atoms with Crippen molar-refractivity contribution in [2.45, 2.75) is 96.4 Å². The molecule has 3 heterocycles. The van der Waals surface area contributed by atoms with Crippen molar-refractivity contribution in [3.8, 4) is 0 Å². The van der Waals surface area contributed by atoms with Crippen LogP contribution in [0, 0.1) is 0 Å². The molecule has 0 aromatic rings. The van der Waals surface area contributed by atoms with Gasteiger partial charge in [0.1, 0.15) is 0 Å². The van der Waals surface area contributed by atoms with Crippen molar-refractivity contribution in [3.05, 3.63) is 0 Å². The van der Waals surface area contributed by atoms with Gasteiger partial charge in [-0.25, -0.2) is 0 Å². The highest BCUT2D eigenvalue weighted by Crippen LogP contribution is 2.33. The molecule has 0 aliphatic carbocycles. The van der Waals surface area contributed by atoms with E-state index in [-0.39, 0.29) is 5.54 Å². The van der Waals surface area contributed by atoms with Crippen molar-refractivity contribution in [2.24, 2.45) is 0 Å². The molecule has 4 nitrogen and oxygen atoms in total. The third-order valence-corrected chi connectivity index (χ3v) is 6.09. The predicted octanol–water partition coefficient (Wildman–Crippen LogP) is 2.74. The van der Waals surface area contributed by atoms with Crippen LogP contribution in [0.5, 0.6) is 0 Å². The van der Waals surface area contributed by atoms with E-state index < -0.39 is 0 Å². The van der Waals surface area contributed by atoms with Crippen LogP contribution in [-0.4, -0.2) is 76.8 Å². The number of piperazine rings is 1. The number of hydrogen-bond acceptors (Lipinski definition) is 4. The van der Waals surface area contributed by atoms with Gasteiger partial charge in [0.2, 0.25) is 0 Å². The molecule has 0 saturated carbocycles. The fourth-order valence-corrected chi connectivity index (χ4v) is 4.91. The average Bonchev–Trinajstić information content (AvgIpc) is 2.67. The Kier molecular flexibility index (Phi) is 5.33. The van der Waals surface area contributed by atoms with Crippen molar-refractivity contribution in [3.63, 3.8) is 0 Å². The molecule has 2 bridgehead atoms. The van der Waals surface area contributed by atoms with E-state index in [4.69, 9.17) is 0 Å². The number of likely N-dealkylation sites (tertiary alicyclic amines) is 2. The average molecular weight is 337 g/mol. The molecular weight excluding hydrogens is 296 g/mol. The van der Waals surface area contributed by atoms with Crippen LogP contribution in [0.15, 0.2) is 0 Å². The molecule has 3 aliphatic rings. The molecule has 4 heteroatoms. The van der Waals surface area contributed by atoms with Crippen LogP contribution in [0.3, 0.4) is 0 Å². The van der Waals surface area contributed by atoms with E-state index in [1.165, 1.54) is 58.5 Å². The first-order chi connectivity index (χ1) is 11.1. The van der Waals surface area contributed by atoms with Gasteiger partial charge in [-0.2, -0.15) is 0 Å². The molecule has 0 aromatic carbocycles. The van der Waals surface area contributed by atoms with Gasteiger partial charge < -0.3 is 5.32 Å². The van der Waals surface area contributed by atoms with Crippen molar-refractivity contribution in [1.82, 2.24) is 20.0 Å². The Morgan fingerprint density at radius 3 is 2.04 bits per heavy atom. The molecule has 24 heavy (non-hydrogen) atoms. The third-order valence-electron chi connectivity index (χ3n) is 6.09. The van der Waals surface area contributed by atoms with Crippen molar-refractivity contribution >= 4 is 0 Å². The lowest BCUT2D eigenvalue weighted by molar-refractivity contribution is -0.0189. The molecular formula is C20H40N4.